The van der Waals surface area contributed by atoms with Crippen LogP contribution in [0.3, 0.4) is 0 Å². The molecule has 2 atom stereocenters. The minimum absolute atomic E-state index is 0.0602. The highest BCUT2D eigenvalue weighted by Gasteiger charge is 2.38. The van der Waals surface area contributed by atoms with Crippen molar-refractivity contribution in [1.29, 1.82) is 0 Å². The van der Waals surface area contributed by atoms with Crippen molar-refractivity contribution < 1.29 is 44.7 Å². The summed E-state index contributed by atoms with van der Waals surface area (Å²) < 4.78 is 103. The van der Waals surface area contributed by atoms with E-state index < -0.39 is 63.1 Å². The number of sulfone groups is 1. The van der Waals surface area contributed by atoms with Crippen LogP contribution in [0.5, 0.6) is 0 Å². The number of hydrogen-bond donors (Lipinski definition) is 3. The normalized spacial score (nSPS) is 17.3. The highest BCUT2D eigenvalue weighted by molar-refractivity contribution is 7.92. The van der Waals surface area contributed by atoms with Crippen LogP contribution in [0, 0.1) is 0 Å². The van der Waals surface area contributed by atoms with Gasteiger partial charge in [0.1, 0.15) is 12.6 Å². The van der Waals surface area contributed by atoms with E-state index >= 15 is 0 Å². The molecule has 1 fully saturated rings. The summed E-state index contributed by atoms with van der Waals surface area (Å²) in [5.74, 6) is -1.17. The van der Waals surface area contributed by atoms with Crippen LogP contribution in [0.15, 0.2) is 42.9 Å². The SMILES string of the molecule is C[C@H](NC(=O)c1cc(C(F)(F)F)cc(C(F)(F)F)c1)c1ncnn1-c1ccc(C(O)NC2CS(=O)(=O)C2)cn1. The zero-order chi connectivity index (χ0) is 28.8. The topological polar surface area (TPSA) is 139 Å². The molecule has 1 aliphatic rings. The molecule has 3 heterocycles. The first-order chi connectivity index (χ1) is 18.0. The molecule has 0 radical (unpaired) electrons. The van der Waals surface area contributed by atoms with Crippen molar-refractivity contribution in [2.24, 2.45) is 0 Å². The lowest BCUT2D eigenvalue weighted by molar-refractivity contribution is -0.143. The Balaban J connectivity index is 1.50. The Hall–Kier alpha value is -3.57. The highest BCUT2D eigenvalue weighted by atomic mass is 32.2. The number of aromatic nitrogens is 4. The number of halogens is 6. The quantitative estimate of drug-likeness (QED) is 0.287. The lowest BCUT2D eigenvalue weighted by Crippen LogP contribution is -2.52. The molecular formula is C22H20F6N6O4S. The third-order valence-electron chi connectivity index (χ3n) is 5.77. The van der Waals surface area contributed by atoms with E-state index in [4.69, 9.17) is 0 Å². The lowest BCUT2D eigenvalue weighted by atomic mass is 10.0. The summed E-state index contributed by atoms with van der Waals surface area (Å²) in [5.41, 5.74) is -3.79. The third kappa shape index (κ3) is 6.54. The summed E-state index contributed by atoms with van der Waals surface area (Å²) in [6, 6.07) is 2.04. The van der Waals surface area contributed by atoms with Gasteiger partial charge in [-0.3, -0.25) is 10.1 Å². The maximum atomic E-state index is 13.1. The minimum atomic E-state index is -5.11. The van der Waals surface area contributed by atoms with Crippen LogP contribution >= 0.6 is 0 Å². The van der Waals surface area contributed by atoms with Crippen LogP contribution in [0.4, 0.5) is 26.3 Å². The van der Waals surface area contributed by atoms with E-state index in [-0.39, 0.29) is 29.2 Å². The van der Waals surface area contributed by atoms with Gasteiger partial charge in [-0.05, 0) is 37.3 Å². The first-order valence-electron chi connectivity index (χ1n) is 11.1. The summed E-state index contributed by atoms with van der Waals surface area (Å²) >= 11 is 0. The van der Waals surface area contributed by atoms with Gasteiger partial charge >= 0.3 is 12.4 Å². The number of carbonyl (C=O) groups is 1. The number of amides is 1. The average Bonchev–Trinajstić information content (AvgIpc) is 3.32. The Labute approximate surface area is 217 Å². The van der Waals surface area contributed by atoms with E-state index in [1.54, 1.807) is 0 Å². The summed E-state index contributed by atoms with van der Waals surface area (Å²) in [6.07, 6.45) is -9.03. The fourth-order valence-corrected chi connectivity index (χ4v) is 5.14. The van der Waals surface area contributed by atoms with Gasteiger partial charge in [0.25, 0.3) is 5.91 Å². The molecule has 1 aliphatic heterocycles. The number of carbonyl (C=O) groups excluding carboxylic acids is 1. The molecular weight excluding hydrogens is 558 g/mol. The fourth-order valence-electron chi connectivity index (χ4n) is 3.82. The third-order valence-corrected chi connectivity index (χ3v) is 7.59. The monoisotopic (exact) mass is 578 g/mol. The van der Waals surface area contributed by atoms with Crippen LogP contribution in [0.2, 0.25) is 0 Å². The summed E-state index contributed by atoms with van der Waals surface area (Å²) in [6.45, 7) is 1.39. The van der Waals surface area contributed by atoms with E-state index in [0.29, 0.717) is 17.7 Å². The number of nitrogens with one attached hydrogen (secondary N) is 2. The Bertz CT molecular complexity index is 1430. The summed E-state index contributed by atoms with van der Waals surface area (Å²) in [4.78, 5) is 20.8. The van der Waals surface area contributed by atoms with Crippen LogP contribution in [0.25, 0.3) is 5.82 Å². The second kappa shape index (κ2) is 10.2. The van der Waals surface area contributed by atoms with Gasteiger partial charge in [0, 0.05) is 23.4 Å². The predicted molar refractivity (Wildman–Crippen MR) is 122 cm³/mol. The predicted octanol–water partition coefficient (Wildman–Crippen LogP) is 2.57. The number of nitrogens with zero attached hydrogens (tertiary/aromatic N) is 4. The van der Waals surface area contributed by atoms with Crippen LogP contribution in [0.1, 0.15) is 52.1 Å². The van der Waals surface area contributed by atoms with Gasteiger partial charge in [0.05, 0.1) is 28.7 Å². The number of hydrogen-bond acceptors (Lipinski definition) is 8. The molecule has 2 aromatic heterocycles. The molecule has 17 heteroatoms. The Kier molecular flexibility index (Phi) is 7.44. The summed E-state index contributed by atoms with van der Waals surface area (Å²) in [7, 11) is -3.09. The van der Waals surface area contributed by atoms with Gasteiger partial charge in [0.2, 0.25) is 0 Å². The number of pyridine rings is 1. The minimum Gasteiger partial charge on any atom is -0.374 e. The van der Waals surface area contributed by atoms with E-state index in [1.165, 1.54) is 29.9 Å². The molecule has 1 amide bonds. The van der Waals surface area contributed by atoms with Crippen molar-refractivity contribution >= 4 is 15.7 Å². The first-order valence-corrected chi connectivity index (χ1v) is 13.0. The largest absolute Gasteiger partial charge is 0.416 e. The fraction of sp³-hybridized carbons (Fsp3) is 0.364. The Morgan fingerprint density at radius 3 is 2.18 bits per heavy atom. The molecule has 4 rings (SSSR count). The smallest absolute Gasteiger partial charge is 0.374 e. The molecule has 1 unspecified atom stereocenters. The van der Waals surface area contributed by atoms with E-state index in [2.05, 4.69) is 25.7 Å². The van der Waals surface area contributed by atoms with Crippen LogP contribution in [-0.4, -0.2) is 56.7 Å². The molecule has 3 N–H and O–H groups in total. The average molecular weight is 578 g/mol. The second-order valence-electron chi connectivity index (χ2n) is 8.81. The van der Waals surface area contributed by atoms with Gasteiger partial charge in [-0.25, -0.2) is 18.4 Å². The molecule has 210 valence electrons. The van der Waals surface area contributed by atoms with E-state index in [9.17, 15) is 44.7 Å². The van der Waals surface area contributed by atoms with Gasteiger partial charge in [-0.15, -0.1) is 0 Å². The van der Waals surface area contributed by atoms with Gasteiger partial charge < -0.3 is 10.4 Å². The van der Waals surface area contributed by atoms with Crippen molar-refractivity contribution in [3.8, 4) is 5.82 Å². The van der Waals surface area contributed by atoms with Crippen LogP contribution < -0.4 is 10.6 Å². The highest BCUT2D eigenvalue weighted by Crippen LogP contribution is 2.36. The molecule has 0 bridgehead atoms. The number of benzene rings is 1. The van der Waals surface area contributed by atoms with E-state index in [1.807, 2.05) is 0 Å². The molecule has 0 aliphatic carbocycles. The van der Waals surface area contributed by atoms with Gasteiger partial charge in [0.15, 0.2) is 21.5 Å². The maximum Gasteiger partial charge on any atom is 0.416 e. The number of alkyl halides is 6. The maximum absolute atomic E-state index is 13.1. The number of rotatable bonds is 7. The summed E-state index contributed by atoms with van der Waals surface area (Å²) in [5, 5.41) is 19.3. The van der Waals surface area contributed by atoms with Gasteiger partial charge in [-0.1, -0.05) is 0 Å². The van der Waals surface area contributed by atoms with Crippen molar-refractivity contribution in [3.63, 3.8) is 0 Å². The molecule has 0 spiro atoms. The van der Waals surface area contributed by atoms with Crippen molar-refractivity contribution in [2.45, 2.75) is 37.6 Å². The van der Waals surface area contributed by atoms with Gasteiger partial charge in [-0.2, -0.15) is 36.1 Å². The molecule has 1 saturated heterocycles. The van der Waals surface area contributed by atoms with Crippen molar-refractivity contribution in [2.75, 3.05) is 11.5 Å². The molecule has 39 heavy (non-hydrogen) atoms. The van der Waals surface area contributed by atoms with Crippen molar-refractivity contribution in [1.82, 2.24) is 30.4 Å². The van der Waals surface area contributed by atoms with Crippen molar-refractivity contribution in [3.05, 3.63) is 70.9 Å². The zero-order valence-electron chi connectivity index (χ0n) is 19.8. The second-order valence-corrected chi connectivity index (χ2v) is 11.0. The molecule has 1 aromatic carbocycles. The molecule has 10 nitrogen and oxygen atoms in total. The standard InChI is InChI=1S/C22H20F6N6O4S/c1-11(32-20(36)13-4-14(21(23,24)25)6-15(5-13)22(26,27)28)18-30-10-31-34(18)17-3-2-12(7-29-17)19(35)33-16-8-39(37,38)9-16/h2-7,10-11,16,19,33,35H,8-9H2,1H3,(H,32,36)/t11-,19?/m0/s1. The molecule has 3 aromatic rings. The number of aliphatic hydroxyl groups excluding tert-OH is 1. The zero-order valence-corrected chi connectivity index (χ0v) is 20.6. The number of aliphatic hydroxyl groups is 1. The van der Waals surface area contributed by atoms with E-state index in [0.717, 1.165) is 6.33 Å². The lowest BCUT2D eigenvalue weighted by Gasteiger charge is -2.29. The van der Waals surface area contributed by atoms with Crippen LogP contribution in [-0.2, 0) is 22.2 Å². The Morgan fingerprint density at radius 2 is 1.67 bits per heavy atom. The Morgan fingerprint density at radius 1 is 1.05 bits per heavy atom. The first kappa shape index (κ1) is 28.4. The molecule has 0 saturated carbocycles.